The number of hydrogen-bond donors (Lipinski definition) is 0. The Labute approximate surface area is 179 Å². The van der Waals surface area contributed by atoms with Crippen molar-refractivity contribution in [2.75, 3.05) is 0 Å². The molecule has 0 atom stereocenters. The molecule has 0 heterocycles. The van der Waals surface area contributed by atoms with Crippen LogP contribution in [-0.2, 0) is 27.7 Å². The van der Waals surface area contributed by atoms with E-state index in [0.29, 0.717) is 0 Å². The van der Waals surface area contributed by atoms with Crippen molar-refractivity contribution in [3.8, 4) is 0 Å². The molecular weight excluding hydrogens is 343 g/mol. The van der Waals surface area contributed by atoms with Crippen LogP contribution >= 0.6 is 0 Å². The smallest absolute Gasteiger partial charge is 0.358 e. The monoisotopic (exact) mass is 370 g/mol. The molecule has 0 unspecified atom stereocenters. The van der Waals surface area contributed by atoms with E-state index in [2.05, 4.69) is 0 Å². The maximum Gasteiger partial charge on any atom is 1.00 e. The van der Waals surface area contributed by atoms with Crippen LogP contribution in [0.5, 0.6) is 0 Å². The number of hydrogen-bond acceptors (Lipinski definition) is 3. The van der Waals surface area contributed by atoms with E-state index in [1.54, 1.807) is 38.5 Å². The van der Waals surface area contributed by atoms with E-state index in [1.165, 1.54) is 32.1 Å². The van der Waals surface area contributed by atoms with Gasteiger partial charge in [0.1, 0.15) is 0 Å². The molecule has 2 aliphatic rings. The van der Waals surface area contributed by atoms with E-state index < -0.39 is 10.6 Å². The predicted octanol–water partition coefficient (Wildman–Crippen LogP) is 0.985. The Bertz CT molecular complexity index is 273. The van der Waals surface area contributed by atoms with Crippen LogP contribution in [0.4, 0.5) is 0 Å². The van der Waals surface area contributed by atoms with Crippen molar-refractivity contribution >= 4 is 10.6 Å². The molecule has 3 nitrogen and oxygen atoms in total. The standard InChI is InChI=1S/C13H24.CH3.Fe.K.O3S/c1-2-7-12(6-1)10-5-11-13-8-3-4-9-13;;;;1-4(2)3/h12-13H,1-11H2;1H3;;;/q;-1;;+1;. The normalized spacial score (nSPS) is 18.0. The fraction of sp³-hybridized carbons (Fsp3) is 0.929. The minimum atomic E-state index is -3.11. The van der Waals surface area contributed by atoms with Crippen LogP contribution in [0.2, 0.25) is 0 Å². The molecule has 0 amide bonds. The van der Waals surface area contributed by atoms with E-state index in [4.69, 9.17) is 12.6 Å². The van der Waals surface area contributed by atoms with Gasteiger partial charge in [-0.1, -0.05) is 70.6 Å². The molecule has 116 valence electrons. The SMILES string of the molecule is C1CCC(CCCC2CCCC2)C1.O=S(=O)=O.[CH3-].[Fe].[K+]. The van der Waals surface area contributed by atoms with Gasteiger partial charge >= 0.3 is 62.0 Å². The van der Waals surface area contributed by atoms with Crippen LogP contribution in [0.1, 0.15) is 70.6 Å². The molecule has 0 radical (unpaired) electrons. The third-order valence-corrected chi connectivity index (χ3v) is 4.17. The second-order valence-corrected chi connectivity index (χ2v) is 5.84. The topological polar surface area (TPSA) is 51.2 Å². The third-order valence-electron chi connectivity index (χ3n) is 4.17. The van der Waals surface area contributed by atoms with E-state index in [-0.39, 0.29) is 75.9 Å². The molecular formula is C14H27FeKO3S. The molecule has 0 aromatic carbocycles. The molecule has 0 aromatic rings. The number of rotatable bonds is 4. The Balaban J connectivity index is -0.000000372. The fourth-order valence-corrected chi connectivity index (χ4v) is 3.29. The van der Waals surface area contributed by atoms with Crippen molar-refractivity contribution in [2.45, 2.75) is 70.6 Å². The molecule has 0 aromatic heterocycles. The van der Waals surface area contributed by atoms with E-state index in [1.807, 2.05) is 0 Å². The van der Waals surface area contributed by atoms with Crippen LogP contribution < -0.4 is 51.4 Å². The quantitative estimate of drug-likeness (QED) is 0.548. The first-order chi connectivity index (χ1) is 8.18. The fourth-order valence-electron chi connectivity index (χ4n) is 3.29. The summed E-state index contributed by atoms with van der Waals surface area (Å²) in [5, 5.41) is 0. The molecule has 2 aliphatic carbocycles. The van der Waals surface area contributed by atoms with Crippen molar-refractivity contribution in [3.05, 3.63) is 7.43 Å². The average molecular weight is 370 g/mol. The van der Waals surface area contributed by atoms with E-state index in [9.17, 15) is 0 Å². The maximum atomic E-state index is 8.44. The summed E-state index contributed by atoms with van der Waals surface area (Å²) in [4.78, 5) is 0. The van der Waals surface area contributed by atoms with Gasteiger partial charge in [0.05, 0.1) is 0 Å². The summed E-state index contributed by atoms with van der Waals surface area (Å²) in [6.07, 6.45) is 16.9. The summed E-state index contributed by atoms with van der Waals surface area (Å²) < 4.78 is 25.3. The van der Waals surface area contributed by atoms with Crippen LogP contribution in [0.3, 0.4) is 0 Å². The Morgan fingerprint density at radius 3 is 1.25 bits per heavy atom. The first-order valence-corrected chi connectivity index (χ1v) is 7.95. The zero-order valence-corrected chi connectivity index (χ0v) is 18.0. The second-order valence-electron chi connectivity index (χ2n) is 5.44. The molecule has 0 aliphatic heterocycles. The van der Waals surface area contributed by atoms with Crippen LogP contribution in [-0.4, -0.2) is 12.6 Å². The van der Waals surface area contributed by atoms with Gasteiger partial charge in [0.25, 0.3) is 0 Å². The first-order valence-electron chi connectivity index (χ1n) is 6.95. The zero-order chi connectivity index (χ0) is 12.5. The maximum absolute atomic E-state index is 8.44. The minimum Gasteiger partial charge on any atom is -0.358 e. The van der Waals surface area contributed by atoms with Gasteiger partial charge in [0.15, 0.2) is 0 Å². The molecule has 2 saturated carbocycles. The molecule has 0 saturated heterocycles. The molecule has 6 heteroatoms. The largest absolute Gasteiger partial charge is 1.00 e. The van der Waals surface area contributed by atoms with Crippen molar-refractivity contribution < 1.29 is 81.1 Å². The molecule has 2 fully saturated rings. The van der Waals surface area contributed by atoms with E-state index in [0.717, 1.165) is 11.8 Å². The van der Waals surface area contributed by atoms with Crippen LogP contribution in [0, 0.1) is 19.3 Å². The van der Waals surface area contributed by atoms with E-state index >= 15 is 0 Å². The summed E-state index contributed by atoms with van der Waals surface area (Å²) >= 11 is 0. The van der Waals surface area contributed by atoms with Gasteiger partial charge in [-0.3, -0.25) is 0 Å². The first kappa shape index (κ1) is 26.7. The summed E-state index contributed by atoms with van der Waals surface area (Å²) in [5.41, 5.74) is 0. The minimum absolute atomic E-state index is 0. The average Bonchev–Trinajstić information content (AvgIpc) is 2.88. The Hall–Kier alpha value is 1.78. The Morgan fingerprint density at radius 1 is 0.750 bits per heavy atom. The van der Waals surface area contributed by atoms with Gasteiger partial charge < -0.3 is 7.43 Å². The predicted molar refractivity (Wildman–Crippen MR) is 73.9 cm³/mol. The Kier molecular flexibility index (Phi) is 22.8. The van der Waals surface area contributed by atoms with Crippen LogP contribution in [0.15, 0.2) is 0 Å². The van der Waals surface area contributed by atoms with Crippen molar-refractivity contribution in [2.24, 2.45) is 11.8 Å². The summed E-state index contributed by atoms with van der Waals surface area (Å²) in [5.74, 6) is 2.25. The third kappa shape index (κ3) is 14.7. The zero-order valence-electron chi connectivity index (χ0n) is 12.9. The summed E-state index contributed by atoms with van der Waals surface area (Å²) in [7, 11) is -3.11. The van der Waals surface area contributed by atoms with Crippen LogP contribution in [0.25, 0.3) is 0 Å². The Morgan fingerprint density at radius 2 is 1.00 bits per heavy atom. The van der Waals surface area contributed by atoms with Gasteiger partial charge in [-0.25, -0.2) is 0 Å². The van der Waals surface area contributed by atoms with Crippen molar-refractivity contribution in [1.29, 1.82) is 0 Å². The van der Waals surface area contributed by atoms with Gasteiger partial charge in [-0.05, 0) is 11.8 Å². The van der Waals surface area contributed by atoms with Crippen molar-refractivity contribution in [1.82, 2.24) is 0 Å². The van der Waals surface area contributed by atoms with Gasteiger partial charge in [-0.15, -0.1) is 12.6 Å². The molecule has 0 spiro atoms. The van der Waals surface area contributed by atoms with Gasteiger partial charge in [0, 0.05) is 17.1 Å². The molecule has 20 heavy (non-hydrogen) atoms. The molecule has 2 rings (SSSR count). The van der Waals surface area contributed by atoms with Gasteiger partial charge in [-0.2, -0.15) is 0 Å². The second kappa shape index (κ2) is 17.1. The molecule has 0 bridgehead atoms. The van der Waals surface area contributed by atoms with Gasteiger partial charge in [0.2, 0.25) is 0 Å². The van der Waals surface area contributed by atoms with Crippen molar-refractivity contribution in [3.63, 3.8) is 0 Å². The molecule has 0 N–H and O–H groups in total. The summed E-state index contributed by atoms with van der Waals surface area (Å²) in [6, 6.07) is 0. The summed E-state index contributed by atoms with van der Waals surface area (Å²) in [6.45, 7) is 0.